The molecule has 0 spiro atoms. The second-order valence-electron chi connectivity index (χ2n) is 6.00. The molecule has 0 heterocycles. The van der Waals surface area contributed by atoms with Gasteiger partial charge >= 0.3 is 5.97 Å². The molecule has 0 aromatic rings. The fraction of sp³-hybridized carbons (Fsp3) is 0.800. The van der Waals surface area contributed by atoms with Crippen LogP contribution in [0.2, 0.25) is 0 Å². The van der Waals surface area contributed by atoms with Crippen LogP contribution < -0.4 is 0 Å². The van der Waals surface area contributed by atoms with Gasteiger partial charge in [0.1, 0.15) is 6.10 Å². The Morgan fingerprint density at radius 2 is 1.89 bits per heavy atom. The smallest absolute Gasteiger partial charge is 0.333 e. The van der Waals surface area contributed by atoms with E-state index in [9.17, 15) is 9.90 Å². The Hall–Kier alpha value is -0.830. The van der Waals surface area contributed by atoms with Crippen molar-refractivity contribution in [3.63, 3.8) is 0 Å². The minimum absolute atomic E-state index is 0.0844. The van der Waals surface area contributed by atoms with E-state index in [0.29, 0.717) is 24.0 Å². The molecule has 0 aromatic heterocycles. The first-order chi connectivity index (χ1) is 8.60. The molecule has 0 saturated heterocycles. The highest BCUT2D eigenvalue weighted by molar-refractivity contribution is 5.87. The number of aliphatic hydroxyl groups excluding tert-OH is 1. The van der Waals surface area contributed by atoms with Gasteiger partial charge in [0.05, 0.1) is 0 Å². The lowest BCUT2D eigenvalue weighted by atomic mass is 9.67. The molecule has 1 N–H and O–H groups in total. The summed E-state index contributed by atoms with van der Waals surface area (Å²) in [5.41, 5.74) is 0.487. The third-order valence-electron chi connectivity index (χ3n) is 4.55. The first kappa shape index (κ1) is 13.6. The molecule has 102 valence electrons. The molecule has 0 aromatic carbocycles. The number of fused-ring (bicyclic) bond motifs is 1. The van der Waals surface area contributed by atoms with Gasteiger partial charge in [-0.25, -0.2) is 4.79 Å². The summed E-state index contributed by atoms with van der Waals surface area (Å²) in [6.07, 6.45) is 6.65. The molecule has 0 amide bonds. The highest BCUT2D eigenvalue weighted by atomic mass is 16.5. The van der Waals surface area contributed by atoms with Gasteiger partial charge < -0.3 is 9.84 Å². The minimum Gasteiger partial charge on any atom is -0.459 e. The summed E-state index contributed by atoms with van der Waals surface area (Å²) in [7, 11) is 0. The summed E-state index contributed by atoms with van der Waals surface area (Å²) in [6, 6.07) is 0. The fourth-order valence-electron chi connectivity index (χ4n) is 3.47. The molecule has 3 nitrogen and oxygen atoms in total. The van der Waals surface area contributed by atoms with Gasteiger partial charge in [0.25, 0.3) is 0 Å². The maximum absolute atomic E-state index is 11.5. The maximum Gasteiger partial charge on any atom is 0.333 e. The molecule has 4 unspecified atom stereocenters. The average molecular weight is 252 g/mol. The largest absolute Gasteiger partial charge is 0.459 e. The van der Waals surface area contributed by atoms with Gasteiger partial charge in [-0.2, -0.15) is 0 Å². The molecule has 4 atom stereocenters. The topological polar surface area (TPSA) is 46.5 Å². The van der Waals surface area contributed by atoms with E-state index in [0.717, 1.165) is 38.0 Å². The zero-order chi connectivity index (χ0) is 13.1. The van der Waals surface area contributed by atoms with Gasteiger partial charge in [-0.3, -0.25) is 0 Å². The van der Waals surface area contributed by atoms with Gasteiger partial charge in [0.2, 0.25) is 0 Å². The number of carbonyl (C=O) groups is 1. The lowest BCUT2D eigenvalue weighted by Crippen LogP contribution is -2.35. The van der Waals surface area contributed by atoms with Crippen LogP contribution in [-0.2, 0) is 9.53 Å². The van der Waals surface area contributed by atoms with Crippen LogP contribution in [0.3, 0.4) is 0 Å². The Bertz CT molecular complexity index is 324. The first-order valence-corrected chi connectivity index (χ1v) is 7.07. The fourth-order valence-corrected chi connectivity index (χ4v) is 3.47. The molecule has 2 aliphatic carbocycles. The summed E-state index contributed by atoms with van der Waals surface area (Å²) in [4.78, 5) is 11.5. The van der Waals surface area contributed by atoms with Crippen molar-refractivity contribution in [1.29, 1.82) is 0 Å². The standard InChI is InChI=1S/C15H24O3/c1-10(2)15(17)18-14-6-5-12-7-11(9-16)3-4-13(12)8-14/h11-14,16H,1,3-9H2,2H3. The lowest BCUT2D eigenvalue weighted by Gasteiger charge is -2.41. The second kappa shape index (κ2) is 5.87. The first-order valence-electron chi connectivity index (χ1n) is 7.07. The Labute approximate surface area is 109 Å². The molecular formula is C15H24O3. The van der Waals surface area contributed by atoms with E-state index in [1.165, 1.54) is 6.42 Å². The SMILES string of the molecule is C=C(C)C(=O)OC1CCC2CC(CO)CCC2C1. The van der Waals surface area contributed by atoms with Crippen molar-refractivity contribution in [1.82, 2.24) is 0 Å². The number of aliphatic hydroxyl groups is 1. The zero-order valence-corrected chi connectivity index (χ0v) is 11.2. The van der Waals surface area contributed by atoms with Gasteiger partial charge in [-0.1, -0.05) is 6.58 Å². The molecular weight excluding hydrogens is 228 g/mol. The van der Waals surface area contributed by atoms with Crippen LogP contribution in [0.15, 0.2) is 12.2 Å². The predicted octanol–water partition coefficient (Wildman–Crippen LogP) is 2.68. The highest BCUT2D eigenvalue weighted by Gasteiger charge is 2.36. The van der Waals surface area contributed by atoms with Gasteiger partial charge in [0.15, 0.2) is 0 Å². The third kappa shape index (κ3) is 3.14. The average Bonchev–Trinajstić information content (AvgIpc) is 2.37. The lowest BCUT2D eigenvalue weighted by molar-refractivity contribution is -0.147. The zero-order valence-electron chi connectivity index (χ0n) is 11.2. The normalized spacial score (nSPS) is 35.7. The maximum atomic E-state index is 11.5. The highest BCUT2D eigenvalue weighted by Crippen LogP contribution is 2.43. The molecule has 18 heavy (non-hydrogen) atoms. The van der Waals surface area contributed by atoms with Gasteiger partial charge in [0, 0.05) is 12.2 Å². The van der Waals surface area contributed by atoms with Crippen molar-refractivity contribution < 1.29 is 14.6 Å². The number of rotatable bonds is 3. The summed E-state index contributed by atoms with van der Waals surface area (Å²) in [6.45, 7) is 5.65. The molecule has 3 heteroatoms. The molecule has 2 rings (SSSR count). The summed E-state index contributed by atoms with van der Waals surface area (Å²) in [5, 5.41) is 9.23. The van der Waals surface area contributed by atoms with Crippen molar-refractivity contribution in [2.45, 2.75) is 51.6 Å². The van der Waals surface area contributed by atoms with Crippen LogP contribution in [0.5, 0.6) is 0 Å². The number of carbonyl (C=O) groups excluding carboxylic acids is 1. The molecule has 2 fully saturated rings. The van der Waals surface area contributed by atoms with Crippen molar-refractivity contribution >= 4 is 5.97 Å². The van der Waals surface area contributed by atoms with Crippen molar-refractivity contribution in [2.75, 3.05) is 6.61 Å². The summed E-state index contributed by atoms with van der Waals surface area (Å²) >= 11 is 0. The Morgan fingerprint density at radius 3 is 2.56 bits per heavy atom. The van der Waals surface area contributed by atoms with Crippen LogP contribution in [0, 0.1) is 17.8 Å². The van der Waals surface area contributed by atoms with Crippen LogP contribution >= 0.6 is 0 Å². The monoisotopic (exact) mass is 252 g/mol. The quantitative estimate of drug-likeness (QED) is 0.620. The summed E-state index contributed by atoms with van der Waals surface area (Å²) < 4.78 is 5.47. The predicted molar refractivity (Wildman–Crippen MR) is 70.0 cm³/mol. The van der Waals surface area contributed by atoms with Crippen molar-refractivity contribution in [3.8, 4) is 0 Å². The van der Waals surface area contributed by atoms with Gasteiger partial charge in [-0.05, 0) is 63.2 Å². The van der Waals surface area contributed by atoms with E-state index in [4.69, 9.17) is 4.74 Å². The van der Waals surface area contributed by atoms with Crippen molar-refractivity contribution in [3.05, 3.63) is 12.2 Å². The van der Waals surface area contributed by atoms with E-state index in [-0.39, 0.29) is 12.1 Å². The number of hydrogen-bond acceptors (Lipinski definition) is 3. The van der Waals surface area contributed by atoms with E-state index < -0.39 is 0 Å². The second-order valence-corrected chi connectivity index (χ2v) is 6.00. The molecule has 2 aliphatic rings. The number of hydrogen-bond donors (Lipinski definition) is 1. The Kier molecular flexibility index (Phi) is 4.44. The number of esters is 1. The van der Waals surface area contributed by atoms with E-state index in [2.05, 4.69) is 6.58 Å². The van der Waals surface area contributed by atoms with Crippen LogP contribution in [-0.4, -0.2) is 23.8 Å². The van der Waals surface area contributed by atoms with E-state index >= 15 is 0 Å². The van der Waals surface area contributed by atoms with Crippen LogP contribution in [0.4, 0.5) is 0 Å². The number of ether oxygens (including phenoxy) is 1. The molecule has 0 bridgehead atoms. The van der Waals surface area contributed by atoms with Gasteiger partial charge in [-0.15, -0.1) is 0 Å². The summed E-state index contributed by atoms with van der Waals surface area (Å²) in [5.74, 6) is 1.67. The van der Waals surface area contributed by atoms with E-state index in [1.54, 1.807) is 6.92 Å². The Balaban J connectivity index is 1.84. The van der Waals surface area contributed by atoms with Crippen LogP contribution in [0.25, 0.3) is 0 Å². The molecule has 0 radical (unpaired) electrons. The van der Waals surface area contributed by atoms with Crippen molar-refractivity contribution in [2.24, 2.45) is 17.8 Å². The molecule has 0 aliphatic heterocycles. The van der Waals surface area contributed by atoms with E-state index in [1.807, 2.05) is 0 Å². The minimum atomic E-state index is -0.248. The molecule has 2 saturated carbocycles. The Morgan fingerprint density at radius 1 is 1.22 bits per heavy atom. The van der Waals surface area contributed by atoms with Crippen LogP contribution in [0.1, 0.15) is 45.4 Å². The third-order valence-corrected chi connectivity index (χ3v) is 4.55.